The first-order valence-electron chi connectivity index (χ1n) is 20.9. The number of ether oxygens (including phenoxy) is 2. The number of nitro benzene ring substituents is 1. The molecule has 16 heteroatoms. The number of aryl methyl sites for hydroxylation is 1. The van der Waals surface area contributed by atoms with Crippen molar-refractivity contribution in [3.05, 3.63) is 135 Å². The first kappa shape index (κ1) is 41.4. The molecule has 2 saturated heterocycles. The number of H-pyrrole nitrogens is 1. The molecule has 2 aliphatic heterocycles. The van der Waals surface area contributed by atoms with Gasteiger partial charge in [0.2, 0.25) is 0 Å². The normalized spacial score (nSPS) is 17.4. The van der Waals surface area contributed by atoms with Crippen LogP contribution in [0.2, 0.25) is 5.02 Å². The summed E-state index contributed by atoms with van der Waals surface area (Å²) in [5.41, 5.74) is 6.37. The maximum Gasteiger partial charge on any atom is 0.293 e. The van der Waals surface area contributed by atoms with E-state index in [1.165, 1.54) is 35.0 Å². The summed E-state index contributed by atoms with van der Waals surface area (Å²) in [7, 11) is -4.56. The molecule has 2 aromatic heterocycles. The summed E-state index contributed by atoms with van der Waals surface area (Å²) in [6.45, 7) is 4.77. The van der Waals surface area contributed by atoms with E-state index in [1.807, 2.05) is 18.2 Å². The number of amides is 1. The average molecular weight is 876 g/mol. The third kappa shape index (κ3) is 8.84. The lowest BCUT2D eigenvalue weighted by atomic mass is 9.81. The Morgan fingerprint density at radius 1 is 0.968 bits per heavy atom. The number of sulfonamides is 1. The maximum atomic E-state index is 14.0. The van der Waals surface area contributed by atoms with Gasteiger partial charge < -0.3 is 24.7 Å². The smallest absolute Gasteiger partial charge is 0.293 e. The third-order valence-electron chi connectivity index (χ3n) is 12.2. The number of aromatic amines is 1. The minimum Gasteiger partial charge on any atom is -0.455 e. The summed E-state index contributed by atoms with van der Waals surface area (Å²) >= 11 is 6.25. The molecule has 320 valence electrons. The molecule has 9 rings (SSSR count). The first-order valence-corrected chi connectivity index (χ1v) is 22.7. The Kier molecular flexibility index (Phi) is 11.9. The summed E-state index contributed by atoms with van der Waals surface area (Å²) in [4.78, 5) is 37.3. The van der Waals surface area contributed by atoms with Gasteiger partial charge in [-0.25, -0.2) is 18.1 Å². The highest BCUT2D eigenvalue weighted by Crippen LogP contribution is 2.42. The van der Waals surface area contributed by atoms with E-state index in [-0.39, 0.29) is 29.0 Å². The summed E-state index contributed by atoms with van der Waals surface area (Å²) in [5, 5.41) is 16.7. The zero-order valence-electron chi connectivity index (χ0n) is 33.9. The number of halogens is 1. The number of carbonyl (C=O) groups is 1. The van der Waals surface area contributed by atoms with Crippen LogP contribution in [0.4, 0.5) is 17.1 Å². The first-order chi connectivity index (χ1) is 30.1. The number of nitrogens with one attached hydrogen (secondary N) is 3. The second-order valence-electron chi connectivity index (χ2n) is 16.0. The molecule has 0 bridgehead atoms. The van der Waals surface area contributed by atoms with Gasteiger partial charge in [0.15, 0.2) is 0 Å². The molecule has 0 radical (unpaired) electrons. The molecular weight excluding hydrogens is 830 g/mol. The number of carbonyl (C=O) groups excluding carboxylic acids is 1. The van der Waals surface area contributed by atoms with Gasteiger partial charge in [-0.15, -0.1) is 0 Å². The molecule has 6 aromatic rings. The van der Waals surface area contributed by atoms with Gasteiger partial charge in [0.1, 0.15) is 22.8 Å². The van der Waals surface area contributed by atoms with Crippen LogP contribution in [-0.2, 0) is 21.2 Å². The van der Waals surface area contributed by atoms with Gasteiger partial charge in [-0.1, -0.05) is 41.9 Å². The van der Waals surface area contributed by atoms with Crippen molar-refractivity contribution in [3.63, 3.8) is 0 Å². The standard InChI is InChI=1S/C46H46ClN7O7S/c47-34-9-7-31(8-10-34)38-5-1-3-32-4-2-6-41(44(32)38)53-21-19-52(20-22-53)35-11-13-39(43(26-35)61-36-25-33-15-18-48-45(33)50-29-36)46(55)51-62(58,59)37-12-14-40(42(27-37)54(56)57)49-28-30-16-23-60-24-17-30/h1,3,5,7-15,18,25-27,29-30,41,49H,2,4,6,16-17,19-24,28H2,(H,48,50)(H,51,55). The van der Waals surface area contributed by atoms with Crippen molar-refractivity contribution in [3.8, 4) is 22.6 Å². The van der Waals surface area contributed by atoms with E-state index in [9.17, 15) is 23.3 Å². The van der Waals surface area contributed by atoms with E-state index in [0.29, 0.717) is 49.3 Å². The predicted octanol–water partition coefficient (Wildman–Crippen LogP) is 8.74. The topological polar surface area (TPSA) is 172 Å². The Bertz CT molecular complexity index is 2730. The van der Waals surface area contributed by atoms with Crippen LogP contribution in [0.5, 0.6) is 11.5 Å². The summed E-state index contributed by atoms with van der Waals surface area (Å²) in [6.07, 6.45) is 8.15. The molecule has 1 unspecified atom stereocenters. The van der Waals surface area contributed by atoms with Gasteiger partial charge in [-0.3, -0.25) is 19.8 Å². The molecule has 4 aromatic carbocycles. The van der Waals surface area contributed by atoms with Gasteiger partial charge in [0.05, 0.1) is 21.6 Å². The lowest BCUT2D eigenvalue weighted by Gasteiger charge is -2.43. The van der Waals surface area contributed by atoms with Gasteiger partial charge in [-0.2, -0.15) is 0 Å². The van der Waals surface area contributed by atoms with Crippen LogP contribution >= 0.6 is 11.6 Å². The number of nitro groups is 1. The fraction of sp³-hybridized carbons (Fsp3) is 0.304. The minimum atomic E-state index is -4.56. The predicted molar refractivity (Wildman–Crippen MR) is 239 cm³/mol. The Balaban J connectivity index is 0.950. The second kappa shape index (κ2) is 17.8. The molecule has 62 heavy (non-hydrogen) atoms. The monoisotopic (exact) mass is 875 g/mol. The van der Waals surface area contributed by atoms with Gasteiger partial charge in [-0.05, 0) is 109 Å². The Labute approximate surface area is 364 Å². The van der Waals surface area contributed by atoms with Crippen LogP contribution in [0.3, 0.4) is 0 Å². The van der Waals surface area contributed by atoms with E-state index in [1.54, 1.807) is 30.5 Å². The number of hydrogen-bond donors (Lipinski definition) is 3. The van der Waals surface area contributed by atoms with Crippen LogP contribution < -0.4 is 19.7 Å². The number of benzene rings is 4. The van der Waals surface area contributed by atoms with Crippen LogP contribution in [0.15, 0.2) is 108 Å². The van der Waals surface area contributed by atoms with Gasteiger partial charge in [0.25, 0.3) is 21.6 Å². The lowest BCUT2D eigenvalue weighted by Crippen LogP contribution is -2.48. The molecular formula is C46H46ClN7O7S. The van der Waals surface area contributed by atoms with E-state index < -0.39 is 31.4 Å². The molecule has 2 fully saturated rings. The lowest BCUT2D eigenvalue weighted by molar-refractivity contribution is -0.384. The summed E-state index contributed by atoms with van der Waals surface area (Å²) in [5.74, 6) is -0.206. The molecule has 1 amide bonds. The second-order valence-corrected chi connectivity index (χ2v) is 18.1. The molecule has 1 aliphatic carbocycles. The molecule has 1 atom stereocenters. The van der Waals surface area contributed by atoms with Crippen LogP contribution in [0.1, 0.15) is 53.2 Å². The summed E-state index contributed by atoms with van der Waals surface area (Å²) < 4.78 is 41.3. The summed E-state index contributed by atoms with van der Waals surface area (Å²) in [6, 6.07) is 27.2. The number of piperazine rings is 1. The van der Waals surface area contributed by atoms with Crippen molar-refractivity contribution in [2.45, 2.75) is 43.0 Å². The molecule has 3 aliphatic rings. The van der Waals surface area contributed by atoms with Crippen LogP contribution in [-0.4, -0.2) is 80.1 Å². The molecule has 4 heterocycles. The highest BCUT2D eigenvalue weighted by atomic mass is 35.5. The van der Waals surface area contributed by atoms with E-state index in [2.05, 4.69) is 60.1 Å². The van der Waals surface area contributed by atoms with E-state index in [0.717, 1.165) is 67.9 Å². The third-order valence-corrected chi connectivity index (χ3v) is 13.7. The zero-order chi connectivity index (χ0) is 42.8. The number of rotatable bonds is 12. The van der Waals surface area contributed by atoms with Crippen molar-refractivity contribution in [2.24, 2.45) is 5.92 Å². The zero-order valence-corrected chi connectivity index (χ0v) is 35.5. The maximum absolute atomic E-state index is 14.0. The molecule has 3 N–H and O–H groups in total. The minimum absolute atomic E-state index is 0.0390. The van der Waals surface area contributed by atoms with Gasteiger partial charge in [0, 0.05) is 86.4 Å². The van der Waals surface area contributed by atoms with E-state index in [4.69, 9.17) is 21.1 Å². The number of aromatic nitrogens is 2. The van der Waals surface area contributed by atoms with Crippen molar-refractivity contribution in [1.82, 2.24) is 19.6 Å². The van der Waals surface area contributed by atoms with E-state index >= 15 is 0 Å². The molecule has 0 spiro atoms. The Morgan fingerprint density at radius 3 is 2.56 bits per heavy atom. The van der Waals surface area contributed by atoms with Crippen molar-refractivity contribution in [2.75, 3.05) is 56.2 Å². The van der Waals surface area contributed by atoms with Crippen LogP contribution in [0, 0.1) is 16.0 Å². The van der Waals surface area contributed by atoms with Crippen molar-refractivity contribution in [1.29, 1.82) is 0 Å². The molecule has 14 nitrogen and oxygen atoms in total. The van der Waals surface area contributed by atoms with Crippen LogP contribution in [0.25, 0.3) is 22.2 Å². The average Bonchev–Trinajstić information content (AvgIpc) is 3.76. The number of hydrogen-bond acceptors (Lipinski definition) is 11. The van der Waals surface area contributed by atoms with Gasteiger partial charge >= 0.3 is 0 Å². The number of anilines is 2. The Morgan fingerprint density at radius 2 is 1.77 bits per heavy atom. The highest BCUT2D eigenvalue weighted by Gasteiger charge is 2.32. The number of fused-ring (bicyclic) bond motifs is 2. The largest absolute Gasteiger partial charge is 0.455 e. The fourth-order valence-electron chi connectivity index (χ4n) is 8.89. The van der Waals surface area contributed by atoms with Crippen molar-refractivity contribution >= 4 is 55.6 Å². The quantitative estimate of drug-likeness (QED) is 0.0793. The number of nitrogens with zero attached hydrogens (tertiary/aromatic N) is 4. The molecule has 0 saturated carbocycles. The Hall–Kier alpha value is -6.00. The number of pyridine rings is 1. The SMILES string of the molecule is O=C(NS(=O)(=O)c1ccc(NCC2CCOCC2)c([N+](=O)[O-])c1)c1ccc(N2CCN(C3CCCc4cccc(-c5ccc(Cl)cc5)c43)CC2)cc1Oc1cnc2[nH]ccc2c1. The fourth-order valence-corrected chi connectivity index (χ4v) is 10.0. The van der Waals surface area contributed by atoms with Crippen molar-refractivity contribution < 1.29 is 27.6 Å². The highest BCUT2D eigenvalue weighted by molar-refractivity contribution is 7.90.